The summed E-state index contributed by atoms with van der Waals surface area (Å²) in [7, 11) is 0. The fraction of sp³-hybridized carbons (Fsp3) is 1.00. The molecule has 0 spiro atoms. The Kier molecular flexibility index (Phi) is 2.37. The molecule has 0 radical (unpaired) electrons. The molecule has 0 bridgehead atoms. The van der Waals surface area contributed by atoms with Gasteiger partial charge in [-0.15, -0.1) is 0 Å². The molecule has 2 rings (SSSR count). The average Bonchev–Trinajstić information content (AvgIpc) is 2.83. The van der Waals surface area contributed by atoms with E-state index in [4.69, 9.17) is 4.74 Å². The Morgan fingerprint density at radius 1 is 1.42 bits per heavy atom. The fourth-order valence-electron chi connectivity index (χ4n) is 2.11. The maximum Gasteiger partial charge on any atom is 0.0936 e. The van der Waals surface area contributed by atoms with Gasteiger partial charge < -0.3 is 4.74 Å². The highest BCUT2D eigenvalue weighted by molar-refractivity contribution is 4.83. The fourth-order valence-corrected chi connectivity index (χ4v) is 2.11. The highest BCUT2D eigenvalue weighted by Gasteiger charge is 2.31. The van der Waals surface area contributed by atoms with Crippen LogP contribution in [0.3, 0.4) is 0 Å². The smallest absolute Gasteiger partial charge is 0.0936 e. The van der Waals surface area contributed by atoms with Crippen LogP contribution in [-0.2, 0) is 4.74 Å². The summed E-state index contributed by atoms with van der Waals surface area (Å²) < 4.78 is 5.25. The second-order valence-electron chi connectivity index (χ2n) is 4.31. The molecule has 2 nitrogen and oxygen atoms in total. The van der Waals surface area contributed by atoms with Gasteiger partial charge in [0, 0.05) is 12.6 Å². The molecule has 0 amide bonds. The number of rotatable bonds is 2. The Bertz CT molecular complexity index is 156. The first-order valence-electron chi connectivity index (χ1n) is 5.13. The van der Waals surface area contributed by atoms with E-state index in [1.807, 2.05) is 0 Å². The number of likely N-dealkylation sites (tertiary alicyclic amines) is 1. The third-order valence-electron chi connectivity index (χ3n) is 3.34. The van der Waals surface area contributed by atoms with Gasteiger partial charge in [-0.2, -0.15) is 0 Å². The van der Waals surface area contributed by atoms with Crippen LogP contribution in [0.5, 0.6) is 0 Å². The van der Waals surface area contributed by atoms with Gasteiger partial charge in [0.2, 0.25) is 0 Å². The molecule has 3 unspecified atom stereocenters. The van der Waals surface area contributed by atoms with E-state index in [1.54, 1.807) is 0 Å². The molecule has 0 saturated carbocycles. The molecule has 0 aliphatic carbocycles. The summed E-state index contributed by atoms with van der Waals surface area (Å²) in [6, 6.07) is 0.767. The second kappa shape index (κ2) is 3.35. The summed E-state index contributed by atoms with van der Waals surface area (Å²) in [5.74, 6) is 0.873. The first-order valence-corrected chi connectivity index (χ1v) is 5.13. The van der Waals surface area contributed by atoms with Crippen LogP contribution >= 0.6 is 0 Å². The minimum atomic E-state index is 0.567. The summed E-state index contributed by atoms with van der Waals surface area (Å²) in [6.45, 7) is 8.17. The Morgan fingerprint density at radius 3 is 2.83 bits per heavy atom. The van der Waals surface area contributed by atoms with Gasteiger partial charge >= 0.3 is 0 Å². The highest BCUT2D eigenvalue weighted by Crippen LogP contribution is 2.24. The molecule has 2 fully saturated rings. The van der Waals surface area contributed by atoms with E-state index in [-0.39, 0.29) is 0 Å². The summed E-state index contributed by atoms with van der Waals surface area (Å²) in [5.41, 5.74) is 0. The maximum atomic E-state index is 5.25. The van der Waals surface area contributed by atoms with Crippen LogP contribution in [0.2, 0.25) is 0 Å². The van der Waals surface area contributed by atoms with Crippen LogP contribution in [0.25, 0.3) is 0 Å². The molecular formula is C10H19NO. The average molecular weight is 169 g/mol. The summed E-state index contributed by atoms with van der Waals surface area (Å²) in [6.07, 6.45) is 3.35. The molecule has 0 aromatic rings. The van der Waals surface area contributed by atoms with Crippen LogP contribution in [0.4, 0.5) is 0 Å². The van der Waals surface area contributed by atoms with Crippen molar-refractivity contribution < 1.29 is 4.74 Å². The van der Waals surface area contributed by atoms with Crippen LogP contribution < -0.4 is 0 Å². The lowest BCUT2D eigenvalue weighted by molar-refractivity contribution is 0.105. The van der Waals surface area contributed by atoms with Crippen molar-refractivity contribution in [2.24, 2.45) is 5.92 Å². The van der Waals surface area contributed by atoms with Crippen molar-refractivity contribution in [1.29, 1.82) is 0 Å². The van der Waals surface area contributed by atoms with Gasteiger partial charge in [-0.3, -0.25) is 4.90 Å². The van der Waals surface area contributed by atoms with E-state index in [2.05, 4.69) is 18.7 Å². The molecule has 0 aromatic carbocycles. The van der Waals surface area contributed by atoms with E-state index >= 15 is 0 Å². The van der Waals surface area contributed by atoms with Crippen LogP contribution in [0, 0.1) is 5.92 Å². The Morgan fingerprint density at radius 2 is 2.17 bits per heavy atom. The van der Waals surface area contributed by atoms with E-state index in [1.165, 1.54) is 25.9 Å². The number of nitrogens with zero attached hydrogens (tertiary/aromatic N) is 1. The molecule has 70 valence electrons. The van der Waals surface area contributed by atoms with Crippen molar-refractivity contribution in [3.05, 3.63) is 0 Å². The van der Waals surface area contributed by atoms with E-state index in [0.717, 1.165) is 18.6 Å². The predicted octanol–water partition coefficient (Wildman–Crippen LogP) is 1.51. The topological polar surface area (TPSA) is 15.8 Å². The molecule has 0 aromatic heterocycles. The molecule has 2 aliphatic rings. The predicted molar refractivity (Wildman–Crippen MR) is 49.2 cm³/mol. The largest absolute Gasteiger partial charge is 0.372 e. The number of hydrogen-bond acceptors (Lipinski definition) is 2. The Balaban J connectivity index is 1.84. The summed E-state index contributed by atoms with van der Waals surface area (Å²) in [5, 5.41) is 0. The van der Waals surface area contributed by atoms with Gasteiger partial charge in [0.1, 0.15) is 0 Å². The van der Waals surface area contributed by atoms with Crippen LogP contribution in [0.15, 0.2) is 0 Å². The van der Waals surface area contributed by atoms with Gasteiger partial charge in [0.15, 0.2) is 0 Å². The summed E-state index contributed by atoms with van der Waals surface area (Å²) >= 11 is 0. The zero-order valence-electron chi connectivity index (χ0n) is 8.12. The third-order valence-corrected chi connectivity index (χ3v) is 3.34. The minimum absolute atomic E-state index is 0.567. The van der Waals surface area contributed by atoms with E-state index in [9.17, 15) is 0 Å². The molecule has 2 heterocycles. The molecule has 2 saturated heterocycles. The van der Waals surface area contributed by atoms with E-state index in [0.29, 0.717) is 6.10 Å². The maximum absolute atomic E-state index is 5.25. The van der Waals surface area contributed by atoms with Crippen LogP contribution in [-0.4, -0.2) is 36.7 Å². The second-order valence-corrected chi connectivity index (χ2v) is 4.31. The SMILES string of the molecule is CC1CCCN(CC2CO2)C1C. The highest BCUT2D eigenvalue weighted by atomic mass is 16.6. The van der Waals surface area contributed by atoms with Crippen molar-refractivity contribution in [2.45, 2.75) is 38.8 Å². The van der Waals surface area contributed by atoms with Gasteiger partial charge in [-0.1, -0.05) is 6.92 Å². The lowest BCUT2D eigenvalue weighted by atomic mass is 9.92. The lowest BCUT2D eigenvalue weighted by Gasteiger charge is -2.37. The minimum Gasteiger partial charge on any atom is -0.372 e. The van der Waals surface area contributed by atoms with Crippen molar-refractivity contribution in [3.8, 4) is 0 Å². The number of hydrogen-bond donors (Lipinski definition) is 0. The van der Waals surface area contributed by atoms with Gasteiger partial charge in [-0.25, -0.2) is 0 Å². The first-order chi connectivity index (χ1) is 5.77. The van der Waals surface area contributed by atoms with Crippen molar-refractivity contribution >= 4 is 0 Å². The monoisotopic (exact) mass is 169 g/mol. The zero-order valence-corrected chi connectivity index (χ0v) is 8.12. The van der Waals surface area contributed by atoms with Crippen LogP contribution in [0.1, 0.15) is 26.7 Å². The summed E-state index contributed by atoms with van der Waals surface area (Å²) in [4.78, 5) is 2.59. The molecule has 3 atom stereocenters. The lowest BCUT2D eigenvalue weighted by Crippen LogP contribution is -2.44. The third kappa shape index (κ3) is 1.80. The number of epoxide rings is 1. The van der Waals surface area contributed by atoms with Gasteiger partial charge in [0.05, 0.1) is 12.7 Å². The van der Waals surface area contributed by atoms with Gasteiger partial charge in [-0.05, 0) is 32.2 Å². The normalized spacial score (nSPS) is 43.0. The molecule has 2 heteroatoms. The number of piperidine rings is 1. The molecule has 2 aliphatic heterocycles. The van der Waals surface area contributed by atoms with Gasteiger partial charge in [0.25, 0.3) is 0 Å². The molecule has 0 N–H and O–H groups in total. The molecule has 12 heavy (non-hydrogen) atoms. The number of ether oxygens (including phenoxy) is 1. The van der Waals surface area contributed by atoms with Crippen molar-refractivity contribution in [1.82, 2.24) is 4.90 Å². The van der Waals surface area contributed by atoms with Crippen molar-refractivity contribution in [2.75, 3.05) is 19.7 Å². The standard InChI is InChI=1S/C10H19NO/c1-8-4-3-5-11(9(8)2)6-10-7-12-10/h8-10H,3-7H2,1-2H3. The zero-order chi connectivity index (χ0) is 8.55. The Labute approximate surface area is 74.9 Å². The van der Waals surface area contributed by atoms with Crippen molar-refractivity contribution in [3.63, 3.8) is 0 Å². The van der Waals surface area contributed by atoms with E-state index < -0.39 is 0 Å². The first kappa shape index (κ1) is 8.52. The molecular weight excluding hydrogens is 150 g/mol. The Hall–Kier alpha value is -0.0800. The quantitative estimate of drug-likeness (QED) is 0.582.